The third-order valence-electron chi connectivity index (χ3n) is 3.82. The number of nitrogens with zero attached hydrogens (tertiary/aromatic N) is 1. The first-order valence-electron chi connectivity index (χ1n) is 7.53. The number of carbonyl (C=O) groups is 1. The molecule has 0 spiro atoms. The number of hydrogen-bond donors (Lipinski definition) is 2. The number of benzene rings is 2. The van der Waals surface area contributed by atoms with Crippen molar-refractivity contribution in [3.8, 4) is 5.75 Å². The van der Waals surface area contributed by atoms with Gasteiger partial charge in [0.25, 0.3) is 0 Å². The molecule has 0 radical (unpaired) electrons. The van der Waals surface area contributed by atoms with Gasteiger partial charge in [-0.15, -0.1) is 11.8 Å². The van der Waals surface area contributed by atoms with Gasteiger partial charge in [0.1, 0.15) is 5.75 Å². The molecule has 2 aromatic carbocycles. The van der Waals surface area contributed by atoms with Crippen molar-refractivity contribution in [3.63, 3.8) is 0 Å². The van der Waals surface area contributed by atoms with Crippen molar-refractivity contribution in [1.29, 1.82) is 0 Å². The van der Waals surface area contributed by atoms with Gasteiger partial charge in [-0.2, -0.15) is 5.10 Å². The number of thioether (sulfide) groups is 1. The number of carbonyl (C=O) groups excluding carboxylic acids is 1. The summed E-state index contributed by atoms with van der Waals surface area (Å²) in [6.45, 7) is 0. The van der Waals surface area contributed by atoms with Crippen LogP contribution in [0.5, 0.6) is 5.75 Å². The first-order chi connectivity index (χ1) is 11.2. The lowest BCUT2D eigenvalue weighted by molar-refractivity contribution is -0.118. The van der Waals surface area contributed by atoms with E-state index < -0.39 is 0 Å². The number of para-hydroxylation sites is 1. The average molecular weight is 326 g/mol. The first-order valence-corrected chi connectivity index (χ1v) is 8.58. The Balaban J connectivity index is 1.48. The lowest BCUT2D eigenvalue weighted by atomic mass is 10.1. The summed E-state index contributed by atoms with van der Waals surface area (Å²) >= 11 is 1.65. The van der Waals surface area contributed by atoms with Gasteiger partial charge in [0.05, 0.1) is 12.0 Å². The fourth-order valence-corrected chi connectivity index (χ4v) is 3.78. The van der Waals surface area contributed by atoms with Crippen molar-refractivity contribution < 1.29 is 9.90 Å². The van der Waals surface area contributed by atoms with Crippen LogP contribution < -0.4 is 5.43 Å². The Morgan fingerprint density at radius 3 is 2.91 bits per heavy atom. The van der Waals surface area contributed by atoms with Gasteiger partial charge in [0.2, 0.25) is 5.91 Å². The maximum absolute atomic E-state index is 11.9. The summed E-state index contributed by atoms with van der Waals surface area (Å²) < 4.78 is 0. The lowest BCUT2D eigenvalue weighted by Gasteiger charge is -2.10. The molecule has 0 bridgehead atoms. The molecule has 118 valence electrons. The first kappa shape index (κ1) is 15.6. The molecule has 0 aromatic heterocycles. The number of nitrogens with one attached hydrogen (secondary N) is 1. The highest BCUT2D eigenvalue weighted by atomic mass is 32.2. The van der Waals surface area contributed by atoms with Crippen molar-refractivity contribution in [2.75, 3.05) is 5.75 Å². The second-order valence-corrected chi connectivity index (χ2v) is 6.58. The molecule has 1 aliphatic rings. The van der Waals surface area contributed by atoms with Crippen LogP contribution in [0.3, 0.4) is 0 Å². The topological polar surface area (TPSA) is 61.7 Å². The highest BCUT2D eigenvalue weighted by Gasteiger charge is 2.22. The van der Waals surface area contributed by atoms with Crippen LogP contribution >= 0.6 is 11.8 Å². The number of aryl methyl sites for hydroxylation is 1. The summed E-state index contributed by atoms with van der Waals surface area (Å²) in [5, 5.41) is 13.9. The second-order valence-electron chi connectivity index (χ2n) is 5.39. The summed E-state index contributed by atoms with van der Waals surface area (Å²) in [5.41, 5.74) is 5.82. The molecule has 0 unspecified atom stereocenters. The molecular formula is C18H18N2O2S. The molecule has 0 heterocycles. The van der Waals surface area contributed by atoms with E-state index in [1.807, 2.05) is 0 Å². The minimum absolute atomic E-state index is 0.133. The van der Waals surface area contributed by atoms with Gasteiger partial charge in [-0.3, -0.25) is 4.79 Å². The van der Waals surface area contributed by atoms with Crippen LogP contribution in [0.2, 0.25) is 0 Å². The Morgan fingerprint density at radius 1 is 1.26 bits per heavy atom. The van der Waals surface area contributed by atoms with Crippen molar-refractivity contribution >= 4 is 23.9 Å². The second kappa shape index (κ2) is 7.33. The predicted octanol–water partition coefficient (Wildman–Crippen LogP) is 3.26. The van der Waals surface area contributed by atoms with E-state index in [-0.39, 0.29) is 11.7 Å². The maximum Gasteiger partial charge on any atom is 0.250 e. The normalized spacial score (nSPS) is 16.4. The molecule has 4 nitrogen and oxygen atoms in total. The summed E-state index contributed by atoms with van der Waals surface area (Å²) in [6.07, 6.45) is 3.61. The number of rotatable bonds is 5. The molecule has 3 rings (SSSR count). The molecule has 23 heavy (non-hydrogen) atoms. The largest absolute Gasteiger partial charge is 0.507 e. The standard InChI is InChI=1S/C18H18N2O2S/c21-16-8-4-2-6-14(16)11-19-20-18(22)12-23-17-10-9-13-5-1-3-7-15(13)17/h1-8,11,17,21H,9-10,12H2,(H,20,22)/b19-11-/t17-/m1/s1. The van der Waals surface area contributed by atoms with Gasteiger partial charge in [-0.25, -0.2) is 5.43 Å². The third-order valence-corrected chi connectivity index (χ3v) is 5.14. The smallest absolute Gasteiger partial charge is 0.250 e. The van der Waals surface area contributed by atoms with Crippen LogP contribution in [0.4, 0.5) is 0 Å². The minimum Gasteiger partial charge on any atom is -0.507 e. The molecule has 5 heteroatoms. The molecule has 0 saturated carbocycles. The number of hydrazone groups is 1. The van der Waals surface area contributed by atoms with Crippen LogP contribution in [-0.2, 0) is 11.2 Å². The fraction of sp³-hybridized carbons (Fsp3) is 0.222. The number of hydrogen-bond acceptors (Lipinski definition) is 4. The molecule has 0 fully saturated rings. The van der Waals surface area contributed by atoms with E-state index in [4.69, 9.17) is 0 Å². The van der Waals surface area contributed by atoms with Gasteiger partial charge in [0.15, 0.2) is 0 Å². The Hall–Kier alpha value is -2.27. The Kier molecular flexibility index (Phi) is 4.98. The molecule has 2 aromatic rings. The summed E-state index contributed by atoms with van der Waals surface area (Å²) in [6, 6.07) is 15.3. The third kappa shape index (κ3) is 3.93. The highest BCUT2D eigenvalue weighted by molar-refractivity contribution is 8.00. The summed E-state index contributed by atoms with van der Waals surface area (Å²) in [4.78, 5) is 11.9. The predicted molar refractivity (Wildman–Crippen MR) is 93.8 cm³/mol. The van der Waals surface area contributed by atoms with Crippen LogP contribution in [0.1, 0.15) is 28.4 Å². The number of fused-ring (bicyclic) bond motifs is 1. The van der Waals surface area contributed by atoms with E-state index >= 15 is 0 Å². The molecule has 0 saturated heterocycles. The molecule has 1 aliphatic carbocycles. The zero-order chi connectivity index (χ0) is 16.1. The van der Waals surface area contributed by atoms with Gasteiger partial charge in [0, 0.05) is 10.8 Å². The van der Waals surface area contributed by atoms with E-state index in [1.165, 1.54) is 17.3 Å². The number of aromatic hydroxyl groups is 1. The zero-order valence-electron chi connectivity index (χ0n) is 12.6. The monoisotopic (exact) mass is 326 g/mol. The zero-order valence-corrected chi connectivity index (χ0v) is 13.4. The SMILES string of the molecule is O=C(CS[C@@H]1CCc2ccccc21)N/N=C\c1ccccc1O. The van der Waals surface area contributed by atoms with E-state index in [0.29, 0.717) is 16.6 Å². The van der Waals surface area contributed by atoms with Crippen LogP contribution in [0.15, 0.2) is 53.6 Å². The molecule has 2 N–H and O–H groups in total. The van der Waals surface area contributed by atoms with E-state index in [9.17, 15) is 9.90 Å². The van der Waals surface area contributed by atoms with Gasteiger partial charge in [-0.05, 0) is 36.1 Å². The summed E-state index contributed by atoms with van der Waals surface area (Å²) in [7, 11) is 0. The molecular weight excluding hydrogens is 308 g/mol. The van der Waals surface area contributed by atoms with Gasteiger partial charge in [-0.1, -0.05) is 36.4 Å². The molecule has 0 aliphatic heterocycles. The minimum atomic E-state index is -0.133. The van der Waals surface area contributed by atoms with Crippen molar-refractivity contribution in [2.24, 2.45) is 5.10 Å². The number of phenols is 1. The number of phenolic OH excluding ortho intramolecular Hbond substituents is 1. The average Bonchev–Trinajstić information content (AvgIpc) is 2.98. The van der Waals surface area contributed by atoms with Crippen molar-refractivity contribution in [2.45, 2.75) is 18.1 Å². The Bertz CT molecular complexity index is 730. The van der Waals surface area contributed by atoms with Crippen LogP contribution in [-0.4, -0.2) is 23.0 Å². The van der Waals surface area contributed by atoms with E-state index in [0.717, 1.165) is 12.8 Å². The van der Waals surface area contributed by atoms with Crippen LogP contribution in [0.25, 0.3) is 0 Å². The number of amides is 1. The molecule has 1 amide bonds. The fourth-order valence-electron chi connectivity index (χ4n) is 2.67. The molecule has 1 atom stereocenters. The van der Waals surface area contributed by atoms with Crippen molar-refractivity contribution in [1.82, 2.24) is 5.43 Å². The Morgan fingerprint density at radius 2 is 2.04 bits per heavy atom. The highest BCUT2D eigenvalue weighted by Crippen LogP contribution is 2.40. The van der Waals surface area contributed by atoms with Crippen LogP contribution in [0, 0.1) is 0 Å². The Labute approximate surface area is 139 Å². The lowest BCUT2D eigenvalue weighted by Crippen LogP contribution is -2.20. The van der Waals surface area contributed by atoms with E-state index in [2.05, 4.69) is 34.8 Å². The maximum atomic E-state index is 11.9. The van der Waals surface area contributed by atoms with E-state index in [1.54, 1.807) is 36.0 Å². The summed E-state index contributed by atoms with van der Waals surface area (Å²) in [5.74, 6) is 0.380. The quantitative estimate of drug-likeness (QED) is 0.655. The van der Waals surface area contributed by atoms with Crippen molar-refractivity contribution in [3.05, 3.63) is 65.2 Å². The van der Waals surface area contributed by atoms with Gasteiger partial charge < -0.3 is 5.11 Å². The van der Waals surface area contributed by atoms with Gasteiger partial charge >= 0.3 is 0 Å².